The minimum absolute atomic E-state index is 0.115. The van der Waals surface area contributed by atoms with Crippen LogP contribution in [0.3, 0.4) is 0 Å². The van der Waals surface area contributed by atoms with Crippen LogP contribution in [0.25, 0.3) is 0 Å². The van der Waals surface area contributed by atoms with Crippen LogP contribution in [0, 0.1) is 0 Å². The van der Waals surface area contributed by atoms with Crippen LogP contribution in [-0.4, -0.2) is 145 Å². The molecule has 0 aliphatic rings. The molecule has 0 atom stereocenters. The molecule has 0 aliphatic carbocycles. The fraction of sp³-hybridized carbons (Fsp3) is 0.838. The number of unbranched alkanes of at least 4 members (excludes halogenated alkanes) is 6. The number of hydrogen-bond donors (Lipinski definition) is 0. The molecule has 0 N–H and O–H groups in total. The van der Waals surface area contributed by atoms with E-state index in [1.807, 2.05) is 0 Å². The summed E-state index contributed by atoms with van der Waals surface area (Å²) < 4.78 is 71.8. The van der Waals surface area contributed by atoms with Crippen molar-refractivity contribution >= 4 is 0 Å². The average Bonchev–Trinajstić information content (AvgIpc) is 3.12. The van der Waals surface area contributed by atoms with E-state index in [1.165, 1.54) is 50.5 Å². The van der Waals surface area contributed by atoms with Gasteiger partial charge in [-0.15, -0.1) is 0 Å². The monoisotopic (exact) mass is 706 g/mol. The summed E-state index contributed by atoms with van der Waals surface area (Å²) in [7, 11) is 0. The summed E-state index contributed by atoms with van der Waals surface area (Å²) in [5, 5.41) is 0. The lowest BCUT2D eigenvalue weighted by Crippen LogP contribution is -2.15. The molecular weight excluding hydrogens is 639 g/mol. The average molecular weight is 707 g/mol. The Hall–Kier alpha value is -1.45. The molecule has 0 radical (unpaired) electrons. The van der Waals surface area contributed by atoms with Gasteiger partial charge in [0.15, 0.2) is 0 Å². The van der Waals surface area contributed by atoms with Crippen molar-refractivity contribution in [1.29, 1.82) is 0 Å². The van der Waals surface area contributed by atoms with Crippen molar-refractivity contribution in [2.24, 2.45) is 0 Å². The third-order valence-corrected chi connectivity index (χ3v) is 7.06. The van der Waals surface area contributed by atoms with Crippen LogP contribution < -0.4 is 4.74 Å². The molecule has 0 fully saturated rings. The molecular formula is C37H67FO11. The first kappa shape index (κ1) is 45.6. The Morgan fingerprint density at radius 2 is 0.673 bits per heavy atom. The number of aryl methyl sites for hydroxylation is 1. The minimum atomic E-state index is -0.473. The van der Waals surface area contributed by atoms with Gasteiger partial charge in [-0.05, 0) is 30.5 Å². The van der Waals surface area contributed by atoms with Crippen molar-refractivity contribution in [2.75, 3.05) is 145 Å². The molecule has 0 heterocycles. The van der Waals surface area contributed by atoms with Crippen LogP contribution >= 0.6 is 0 Å². The zero-order chi connectivity index (χ0) is 35.0. The van der Waals surface area contributed by atoms with Gasteiger partial charge in [0.2, 0.25) is 0 Å². The largest absolute Gasteiger partial charge is 0.491 e. The quantitative estimate of drug-likeness (QED) is 0.0808. The Kier molecular flexibility index (Phi) is 36.6. The van der Waals surface area contributed by atoms with Crippen LogP contribution in [0.1, 0.15) is 57.4 Å². The number of hydrogen-bond acceptors (Lipinski definition) is 11. The van der Waals surface area contributed by atoms with Crippen LogP contribution in [0.15, 0.2) is 24.3 Å². The highest BCUT2D eigenvalue weighted by molar-refractivity contribution is 5.27. The number of ether oxygens (including phenoxy) is 11. The molecule has 0 spiro atoms. The van der Waals surface area contributed by atoms with E-state index in [9.17, 15) is 4.39 Å². The fourth-order valence-electron chi connectivity index (χ4n) is 4.39. The lowest BCUT2D eigenvalue weighted by molar-refractivity contribution is -0.0268. The lowest BCUT2D eigenvalue weighted by Gasteiger charge is -2.09. The zero-order valence-corrected chi connectivity index (χ0v) is 30.4. The molecule has 0 unspecified atom stereocenters. The number of rotatable bonds is 41. The summed E-state index contributed by atoms with van der Waals surface area (Å²) in [4.78, 5) is 0. The molecule has 49 heavy (non-hydrogen) atoms. The Bertz CT molecular complexity index is 760. The molecule has 1 aromatic rings. The standard InChI is InChI=1S/C37H67FO11/c1-2-3-4-5-6-7-8-9-36-10-12-37(13-11-36)49-35-34-48-33-32-47-31-30-46-29-28-45-27-26-44-25-24-43-23-22-42-21-20-41-19-18-40-17-16-39-15-14-38/h10-13H,2-9,14-35H2,1H3. The number of alkyl halides is 1. The maximum Gasteiger partial charge on any atom is 0.119 e. The van der Waals surface area contributed by atoms with Gasteiger partial charge < -0.3 is 52.1 Å². The summed E-state index contributed by atoms with van der Waals surface area (Å²) in [6.07, 6.45) is 10.5. The SMILES string of the molecule is CCCCCCCCCc1ccc(OCCOCCOCCOCCOCCOCCOCCOCCOCCOCCOCCF)cc1. The second kappa shape index (κ2) is 39.3. The maximum absolute atomic E-state index is 11.8. The van der Waals surface area contributed by atoms with Gasteiger partial charge in [-0.25, -0.2) is 4.39 Å². The summed E-state index contributed by atoms with van der Waals surface area (Å²) in [5.41, 5.74) is 1.38. The van der Waals surface area contributed by atoms with E-state index in [1.54, 1.807) is 0 Å². The normalized spacial score (nSPS) is 11.5. The molecule has 12 heteroatoms. The first-order chi connectivity index (χ1) is 24.4. The van der Waals surface area contributed by atoms with Crippen LogP contribution in [-0.2, 0) is 53.8 Å². The van der Waals surface area contributed by atoms with Crippen molar-refractivity contribution in [1.82, 2.24) is 0 Å². The topological polar surface area (TPSA) is 102 Å². The van der Waals surface area contributed by atoms with Gasteiger partial charge in [-0.3, -0.25) is 0 Å². The van der Waals surface area contributed by atoms with E-state index in [0.29, 0.717) is 132 Å². The van der Waals surface area contributed by atoms with Crippen LogP contribution in [0.5, 0.6) is 5.75 Å². The van der Waals surface area contributed by atoms with Gasteiger partial charge in [-0.1, -0.05) is 57.6 Å². The van der Waals surface area contributed by atoms with E-state index >= 15 is 0 Å². The summed E-state index contributed by atoms with van der Waals surface area (Å²) in [5.74, 6) is 0.884. The van der Waals surface area contributed by atoms with Gasteiger partial charge in [0.1, 0.15) is 19.0 Å². The highest BCUT2D eigenvalue weighted by Gasteiger charge is 1.99. The summed E-state index contributed by atoms with van der Waals surface area (Å²) >= 11 is 0. The van der Waals surface area contributed by atoms with Gasteiger partial charge in [0.05, 0.1) is 132 Å². The van der Waals surface area contributed by atoms with Crippen molar-refractivity contribution in [2.45, 2.75) is 58.3 Å². The third-order valence-electron chi connectivity index (χ3n) is 7.06. The third kappa shape index (κ3) is 34.8. The molecule has 0 saturated heterocycles. The van der Waals surface area contributed by atoms with Crippen LogP contribution in [0.2, 0.25) is 0 Å². The number of halogens is 1. The molecule has 0 bridgehead atoms. The second-order valence-corrected chi connectivity index (χ2v) is 11.2. The van der Waals surface area contributed by atoms with Gasteiger partial charge in [0.25, 0.3) is 0 Å². The lowest BCUT2D eigenvalue weighted by atomic mass is 10.0. The Morgan fingerprint density at radius 3 is 1.02 bits per heavy atom. The maximum atomic E-state index is 11.8. The van der Waals surface area contributed by atoms with E-state index in [-0.39, 0.29) is 6.61 Å². The first-order valence-electron chi connectivity index (χ1n) is 18.4. The highest BCUT2D eigenvalue weighted by Crippen LogP contribution is 2.15. The van der Waals surface area contributed by atoms with E-state index in [2.05, 4.69) is 31.2 Å². The number of benzene rings is 1. The Labute approximate surface area is 295 Å². The predicted molar refractivity (Wildman–Crippen MR) is 188 cm³/mol. The predicted octanol–water partition coefficient (Wildman–Crippen LogP) is 5.49. The molecule has 0 aliphatic heterocycles. The van der Waals surface area contributed by atoms with Crippen molar-refractivity contribution in [3.05, 3.63) is 29.8 Å². The molecule has 0 aromatic heterocycles. The molecule has 1 rings (SSSR count). The van der Waals surface area contributed by atoms with Gasteiger partial charge >= 0.3 is 0 Å². The van der Waals surface area contributed by atoms with Gasteiger partial charge in [0, 0.05) is 0 Å². The summed E-state index contributed by atoms with van der Waals surface area (Å²) in [6, 6.07) is 8.44. The van der Waals surface area contributed by atoms with Crippen molar-refractivity contribution in [3.8, 4) is 5.75 Å². The summed E-state index contributed by atoms with van der Waals surface area (Å²) in [6.45, 7) is 11.8. The first-order valence-corrected chi connectivity index (χ1v) is 18.4. The van der Waals surface area contributed by atoms with Crippen molar-refractivity contribution in [3.63, 3.8) is 0 Å². The molecule has 0 amide bonds. The Morgan fingerprint density at radius 1 is 0.367 bits per heavy atom. The van der Waals surface area contributed by atoms with Gasteiger partial charge in [-0.2, -0.15) is 0 Å². The molecule has 11 nitrogen and oxygen atoms in total. The Balaban J connectivity index is 1.70. The molecule has 288 valence electrons. The van der Waals surface area contributed by atoms with E-state index in [4.69, 9.17) is 52.1 Å². The van der Waals surface area contributed by atoms with E-state index < -0.39 is 6.67 Å². The van der Waals surface area contributed by atoms with Crippen LogP contribution in [0.4, 0.5) is 4.39 Å². The zero-order valence-electron chi connectivity index (χ0n) is 30.4. The smallest absolute Gasteiger partial charge is 0.119 e. The molecule has 1 aromatic carbocycles. The molecule has 0 saturated carbocycles. The van der Waals surface area contributed by atoms with Crippen molar-refractivity contribution < 1.29 is 56.5 Å². The fourth-order valence-corrected chi connectivity index (χ4v) is 4.39. The second-order valence-electron chi connectivity index (χ2n) is 11.2. The van der Waals surface area contributed by atoms with E-state index in [0.717, 1.165) is 12.2 Å². The minimum Gasteiger partial charge on any atom is -0.491 e. The highest BCUT2D eigenvalue weighted by atomic mass is 19.1.